The molecule has 4 nitrogen and oxygen atoms in total. The van der Waals surface area contributed by atoms with E-state index in [2.05, 4.69) is 40.1 Å². The zero-order valence-electron chi connectivity index (χ0n) is 10.5. The lowest BCUT2D eigenvalue weighted by atomic mass is 10.1. The monoisotopic (exact) mass is 240 g/mol. The summed E-state index contributed by atoms with van der Waals surface area (Å²) in [6.07, 6.45) is 3.81. The Labute approximate surface area is 106 Å². The highest BCUT2D eigenvalue weighted by Gasteiger charge is 2.43. The predicted octanol–water partition coefficient (Wildman–Crippen LogP) is 2.30. The largest absolute Gasteiger partial charge is 0.345 e. The SMILES string of the molecule is CN(Cc1ccc2nc[nH]c2c1)CC1(C#N)CC1. The third-order valence-corrected chi connectivity index (χ3v) is 3.60. The molecule has 1 aromatic heterocycles. The van der Waals surface area contributed by atoms with Gasteiger partial charge in [-0.05, 0) is 37.6 Å². The Hall–Kier alpha value is -1.86. The molecule has 0 amide bonds. The van der Waals surface area contributed by atoms with Gasteiger partial charge in [0.1, 0.15) is 0 Å². The van der Waals surface area contributed by atoms with Crippen molar-refractivity contribution in [2.75, 3.05) is 13.6 Å². The normalized spacial score (nSPS) is 16.9. The fourth-order valence-electron chi connectivity index (χ4n) is 2.42. The van der Waals surface area contributed by atoms with Gasteiger partial charge in [0, 0.05) is 13.1 Å². The standard InChI is InChI=1S/C14H16N4/c1-18(9-14(8-15)4-5-14)7-11-2-3-12-13(6-11)17-10-16-12/h2-3,6,10H,4-5,7,9H2,1H3,(H,16,17). The zero-order chi connectivity index (χ0) is 12.6. The average molecular weight is 240 g/mol. The molecule has 0 saturated heterocycles. The Bertz CT molecular complexity index is 604. The number of imidazole rings is 1. The lowest BCUT2D eigenvalue weighted by Crippen LogP contribution is -2.25. The van der Waals surface area contributed by atoms with Gasteiger partial charge in [-0.2, -0.15) is 5.26 Å². The highest BCUT2D eigenvalue weighted by molar-refractivity contribution is 5.74. The maximum absolute atomic E-state index is 9.10. The minimum Gasteiger partial charge on any atom is -0.345 e. The predicted molar refractivity (Wildman–Crippen MR) is 69.7 cm³/mol. The van der Waals surface area contributed by atoms with E-state index in [1.807, 2.05) is 6.07 Å². The summed E-state index contributed by atoms with van der Waals surface area (Å²) in [7, 11) is 2.08. The summed E-state index contributed by atoms with van der Waals surface area (Å²) in [5, 5.41) is 9.10. The van der Waals surface area contributed by atoms with Crippen molar-refractivity contribution in [1.82, 2.24) is 14.9 Å². The molecule has 2 aromatic rings. The molecule has 3 rings (SSSR count). The third kappa shape index (κ3) is 2.09. The van der Waals surface area contributed by atoms with Crippen molar-refractivity contribution in [2.45, 2.75) is 19.4 Å². The number of hydrogen-bond acceptors (Lipinski definition) is 3. The summed E-state index contributed by atoms with van der Waals surface area (Å²) in [4.78, 5) is 9.56. The van der Waals surface area contributed by atoms with E-state index in [0.717, 1.165) is 37.0 Å². The Morgan fingerprint density at radius 1 is 1.50 bits per heavy atom. The summed E-state index contributed by atoms with van der Waals surface area (Å²) in [5.41, 5.74) is 3.26. The van der Waals surface area contributed by atoms with Crippen LogP contribution in [0.15, 0.2) is 24.5 Å². The number of hydrogen-bond donors (Lipinski definition) is 1. The average Bonchev–Trinajstić information content (AvgIpc) is 2.97. The molecule has 0 spiro atoms. The Kier molecular flexibility index (Phi) is 2.57. The van der Waals surface area contributed by atoms with Crippen LogP contribution in [-0.4, -0.2) is 28.5 Å². The van der Waals surface area contributed by atoms with E-state index >= 15 is 0 Å². The van der Waals surface area contributed by atoms with Crippen molar-refractivity contribution in [1.29, 1.82) is 5.26 Å². The summed E-state index contributed by atoms with van der Waals surface area (Å²) in [6, 6.07) is 8.70. The molecule has 0 atom stereocenters. The highest BCUT2D eigenvalue weighted by atomic mass is 15.1. The number of aromatic amines is 1. The van der Waals surface area contributed by atoms with Gasteiger partial charge in [-0.15, -0.1) is 0 Å². The first-order chi connectivity index (χ1) is 8.71. The van der Waals surface area contributed by atoms with Crippen LogP contribution in [0, 0.1) is 16.7 Å². The Morgan fingerprint density at radius 3 is 3.06 bits per heavy atom. The summed E-state index contributed by atoms with van der Waals surface area (Å²) in [6.45, 7) is 1.74. The van der Waals surface area contributed by atoms with Gasteiger partial charge in [-0.25, -0.2) is 4.98 Å². The minimum atomic E-state index is -0.0627. The lowest BCUT2D eigenvalue weighted by molar-refractivity contribution is 0.287. The molecule has 1 fully saturated rings. The molecule has 1 saturated carbocycles. The van der Waals surface area contributed by atoms with Gasteiger partial charge in [-0.1, -0.05) is 6.07 Å². The molecule has 0 aliphatic heterocycles. The number of benzene rings is 1. The van der Waals surface area contributed by atoms with Crippen LogP contribution in [0.1, 0.15) is 18.4 Å². The maximum atomic E-state index is 9.10. The summed E-state index contributed by atoms with van der Waals surface area (Å²) < 4.78 is 0. The summed E-state index contributed by atoms with van der Waals surface area (Å²) in [5.74, 6) is 0. The number of aromatic nitrogens is 2. The Morgan fingerprint density at radius 2 is 2.33 bits per heavy atom. The molecule has 4 heteroatoms. The molecule has 0 unspecified atom stereocenters. The zero-order valence-corrected chi connectivity index (χ0v) is 10.5. The number of nitrogens with zero attached hydrogens (tertiary/aromatic N) is 3. The van der Waals surface area contributed by atoms with E-state index in [9.17, 15) is 0 Å². The number of rotatable bonds is 4. The topological polar surface area (TPSA) is 55.7 Å². The number of nitrogens with one attached hydrogen (secondary N) is 1. The Balaban J connectivity index is 1.70. The summed E-state index contributed by atoms with van der Waals surface area (Å²) >= 11 is 0. The molecule has 1 heterocycles. The quantitative estimate of drug-likeness (QED) is 0.892. The number of H-pyrrole nitrogens is 1. The molecule has 1 aromatic carbocycles. The maximum Gasteiger partial charge on any atom is 0.0931 e. The van der Waals surface area contributed by atoms with Crippen molar-refractivity contribution >= 4 is 11.0 Å². The number of fused-ring (bicyclic) bond motifs is 1. The van der Waals surface area contributed by atoms with Gasteiger partial charge in [0.25, 0.3) is 0 Å². The van der Waals surface area contributed by atoms with E-state index in [0.29, 0.717) is 0 Å². The molecule has 1 N–H and O–H groups in total. The number of nitriles is 1. The second-order valence-corrected chi connectivity index (χ2v) is 5.32. The second-order valence-electron chi connectivity index (χ2n) is 5.32. The molecular formula is C14H16N4. The fraction of sp³-hybridized carbons (Fsp3) is 0.429. The molecule has 92 valence electrons. The highest BCUT2D eigenvalue weighted by Crippen LogP contribution is 2.45. The van der Waals surface area contributed by atoms with E-state index < -0.39 is 0 Å². The van der Waals surface area contributed by atoms with Crippen LogP contribution >= 0.6 is 0 Å². The first-order valence-electron chi connectivity index (χ1n) is 6.23. The van der Waals surface area contributed by atoms with Crippen LogP contribution in [0.2, 0.25) is 0 Å². The van der Waals surface area contributed by atoms with Gasteiger partial charge in [0.15, 0.2) is 0 Å². The molecule has 1 aliphatic carbocycles. The van der Waals surface area contributed by atoms with E-state index in [1.165, 1.54) is 5.56 Å². The van der Waals surface area contributed by atoms with Gasteiger partial charge < -0.3 is 9.88 Å². The van der Waals surface area contributed by atoms with E-state index in [4.69, 9.17) is 5.26 Å². The molecule has 0 bridgehead atoms. The van der Waals surface area contributed by atoms with Crippen molar-refractivity contribution in [2.24, 2.45) is 5.41 Å². The van der Waals surface area contributed by atoms with Crippen molar-refractivity contribution in [3.63, 3.8) is 0 Å². The first kappa shape index (κ1) is 11.2. The fourth-order valence-corrected chi connectivity index (χ4v) is 2.42. The van der Waals surface area contributed by atoms with Gasteiger partial charge in [-0.3, -0.25) is 0 Å². The van der Waals surface area contributed by atoms with Gasteiger partial charge in [0.05, 0.1) is 28.8 Å². The first-order valence-corrected chi connectivity index (χ1v) is 6.23. The van der Waals surface area contributed by atoms with Crippen LogP contribution in [0.25, 0.3) is 11.0 Å². The van der Waals surface area contributed by atoms with E-state index in [-0.39, 0.29) is 5.41 Å². The van der Waals surface area contributed by atoms with Gasteiger partial charge >= 0.3 is 0 Å². The molecule has 0 radical (unpaired) electrons. The van der Waals surface area contributed by atoms with Crippen LogP contribution in [0.3, 0.4) is 0 Å². The molecule has 18 heavy (non-hydrogen) atoms. The van der Waals surface area contributed by atoms with Crippen LogP contribution in [0.4, 0.5) is 0 Å². The van der Waals surface area contributed by atoms with Crippen molar-refractivity contribution in [3.05, 3.63) is 30.1 Å². The van der Waals surface area contributed by atoms with Crippen molar-refractivity contribution in [3.8, 4) is 6.07 Å². The van der Waals surface area contributed by atoms with Crippen LogP contribution < -0.4 is 0 Å². The molecule has 1 aliphatic rings. The van der Waals surface area contributed by atoms with Crippen molar-refractivity contribution < 1.29 is 0 Å². The smallest absolute Gasteiger partial charge is 0.0931 e. The van der Waals surface area contributed by atoms with Gasteiger partial charge in [0.2, 0.25) is 0 Å². The molecular weight excluding hydrogens is 224 g/mol. The second kappa shape index (κ2) is 4.11. The van der Waals surface area contributed by atoms with Crippen LogP contribution in [0.5, 0.6) is 0 Å². The van der Waals surface area contributed by atoms with E-state index in [1.54, 1.807) is 6.33 Å². The third-order valence-electron chi connectivity index (χ3n) is 3.60. The lowest BCUT2D eigenvalue weighted by Gasteiger charge is -2.19. The van der Waals surface area contributed by atoms with Crippen LogP contribution in [-0.2, 0) is 6.54 Å². The minimum absolute atomic E-state index is 0.0627.